The molecule has 3 atom stereocenters. The highest BCUT2D eigenvalue weighted by Crippen LogP contribution is 2.37. The van der Waals surface area contributed by atoms with Crippen LogP contribution in [0.15, 0.2) is 72.9 Å². The molecule has 1 aromatic heterocycles. The highest BCUT2D eigenvalue weighted by molar-refractivity contribution is 6.14. The van der Waals surface area contributed by atoms with Gasteiger partial charge in [-0.2, -0.15) is 0 Å². The van der Waals surface area contributed by atoms with E-state index in [-0.39, 0.29) is 22.9 Å². The van der Waals surface area contributed by atoms with Crippen LogP contribution in [-0.2, 0) is 30.5 Å². The van der Waals surface area contributed by atoms with Crippen LogP contribution in [0.2, 0.25) is 0 Å². The van der Waals surface area contributed by atoms with Crippen LogP contribution in [0.4, 0.5) is 8.78 Å². The highest BCUT2D eigenvalue weighted by atomic mass is 19.1. The quantitative estimate of drug-likeness (QED) is 0.129. The van der Waals surface area contributed by atoms with Crippen molar-refractivity contribution in [2.75, 3.05) is 19.6 Å². The first kappa shape index (κ1) is 39.6. The van der Waals surface area contributed by atoms with E-state index in [1.54, 1.807) is 13.8 Å². The predicted molar refractivity (Wildman–Crippen MR) is 193 cm³/mol. The van der Waals surface area contributed by atoms with Gasteiger partial charge in [-0.1, -0.05) is 65.0 Å². The van der Waals surface area contributed by atoms with Crippen LogP contribution in [0.5, 0.6) is 0 Å². The number of benzene rings is 2. The van der Waals surface area contributed by atoms with Crippen LogP contribution in [0.3, 0.4) is 0 Å². The third-order valence-electron chi connectivity index (χ3n) is 8.75. The number of carbonyl (C=O) groups is 5. The predicted octanol–water partition coefficient (Wildman–Crippen LogP) is 4.24. The van der Waals surface area contributed by atoms with Gasteiger partial charge in [-0.25, -0.2) is 8.78 Å². The van der Waals surface area contributed by atoms with Crippen LogP contribution >= 0.6 is 0 Å². The first-order valence-electron chi connectivity index (χ1n) is 17.4. The lowest BCUT2D eigenvalue weighted by Gasteiger charge is -2.33. The van der Waals surface area contributed by atoms with Gasteiger partial charge in [0.15, 0.2) is 0 Å². The van der Waals surface area contributed by atoms with Crippen molar-refractivity contribution in [2.24, 2.45) is 11.3 Å². The van der Waals surface area contributed by atoms with Crippen LogP contribution in [0, 0.1) is 23.0 Å². The van der Waals surface area contributed by atoms with E-state index in [1.807, 2.05) is 42.6 Å². The maximum absolute atomic E-state index is 14.9. The molecule has 0 radical (unpaired) electrons. The zero-order valence-electron chi connectivity index (χ0n) is 30.5. The second-order valence-electron chi connectivity index (χ2n) is 14.4. The maximum atomic E-state index is 14.9. The summed E-state index contributed by atoms with van der Waals surface area (Å²) in [7, 11) is 0. The minimum absolute atomic E-state index is 0.180. The number of aromatic nitrogens is 1. The van der Waals surface area contributed by atoms with E-state index in [0.717, 1.165) is 40.4 Å². The van der Waals surface area contributed by atoms with Crippen LogP contribution in [0.25, 0.3) is 11.1 Å². The fourth-order valence-electron chi connectivity index (χ4n) is 5.96. The van der Waals surface area contributed by atoms with Gasteiger partial charge in [0.2, 0.25) is 17.7 Å². The van der Waals surface area contributed by atoms with Crippen molar-refractivity contribution in [3.05, 3.63) is 95.8 Å². The van der Waals surface area contributed by atoms with Crippen molar-refractivity contribution in [3.63, 3.8) is 0 Å². The molecular formula is C39H48F2N6O5. The summed E-state index contributed by atoms with van der Waals surface area (Å²) in [5, 5.41) is 11.6. The first-order chi connectivity index (χ1) is 24.5. The number of imide groups is 1. The maximum Gasteiger partial charge on any atom is 0.254 e. The normalized spacial score (nSPS) is 14.8. The van der Waals surface area contributed by atoms with Crippen molar-refractivity contribution in [3.8, 4) is 11.1 Å². The van der Waals surface area contributed by atoms with E-state index in [4.69, 9.17) is 0 Å². The lowest BCUT2D eigenvalue weighted by atomic mass is 9.84. The molecule has 0 aliphatic carbocycles. The highest BCUT2D eigenvalue weighted by Gasteiger charge is 2.31. The molecule has 0 saturated heterocycles. The SMILES string of the molecule is CC(C)[C@H](NC(=O)CN1C(=O)C=CC1=O)C(=O)N[C@@H](C)C(=O)NCCCN[C@@H](c1cc(-c2cc(F)ccc2F)cn1Cc1ccccc1)C(C)(C)C. The fourth-order valence-corrected chi connectivity index (χ4v) is 5.96. The molecule has 2 aromatic carbocycles. The lowest BCUT2D eigenvalue weighted by molar-refractivity contribution is -0.141. The molecule has 0 saturated carbocycles. The third-order valence-corrected chi connectivity index (χ3v) is 8.75. The number of halogens is 2. The Morgan fingerprint density at radius 2 is 1.52 bits per heavy atom. The van der Waals surface area contributed by atoms with E-state index in [1.165, 1.54) is 13.0 Å². The molecule has 278 valence electrons. The third kappa shape index (κ3) is 10.4. The summed E-state index contributed by atoms with van der Waals surface area (Å²) in [5.41, 5.74) is 2.41. The van der Waals surface area contributed by atoms with Gasteiger partial charge in [0, 0.05) is 48.3 Å². The Balaban J connectivity index is 1.35. The van der Waals surface area contributed by atoms with Crippen molar-refractivity contribution < 1.29 is 32.8 Å². The lowest BCUT2D eigenvalue weighted by Crippen LogP contribution is -2.56. The van der Waals surface area contributed by atoms with Crippen LogP contribution < -0.4 is 21.3 Å². The summed E-state index contributed by atoms with van der Waals surface area (Å²) in [6.07, 6.45) is 4.54. The minimum Gasteiger partial charge on any atom is -0.354 e. The Morgan fingerprint density at radius 1 is 0.846 bits per heavy atom. The molecule has 1 aliphatic heterocycles. The molecule has 2 heterocycles. The Kier molecular flexibility index (Phi) is 13.2. The summed E-state index contributed by atoms with van der Waals surface area (Å²) < 4.78 is 31.1. The second kappa shape index (κ2) is 17.4. The first-order valence-corrected chi connectivity index (χ1v) is 17.4. The van der Waals surface area contributed by atoms with Gasteiger partial charge in [-0.15, -0.1) is 0 Å². The monoisotopic (exact) mass is 718 g/mol. The minimum atomic E-state index is -0.999. The van der Waals surface area contributed by atoms with Gasteiger partial charge in [0.05, 0.1) is 6.04 Å². The molecular weight excluding hydrogens is 670 g/mol. The van der Waals surface area contributed by atoms with Gasteiger partial charge in [0.25, 0.3) is 11.8 Å². The van der Waals surface area contributed by atoms with Crippen LogP contribution in [-0.4, -0.2) is 70.7 Å². The molecule has 4 N–H and O–H groups in total. The number of amides is 5. The standard InChI is InChI=1S/C39H48F2N6O5/c1-24(2)35(45-32(48)23-47-33(49)15-16-34(47)50)38(52)44-25(3)37(51)43-18-10-17-42-36(39(4,5)6)31-19-27(29-20-28(40)13-14-30(29)41)22-46(31)21-26-11-8-7-9-12-26/h7-9,11-16,19-20,22,24-25,35-36,42H,10,17-18,21,23H2,1-6H3,(H,43,51)(H,44,52)(H,45,48)/t25-,35-,36-/m0/s1. The number of rotatable bonds is 16. The molecule has 5 amide bonds. The topological polar surface area (TPSA) is 142 Å². The van der Waals surface area contributed by atoms with Crippen LogP contribution in [0.1, 0.15) is 65.3 Å². The van der Waals surface area contributed by atoms with Crippen molar-refractivity contribution in [1.29, 1.82) is 0 Å². The molecule has 3 aromatic rings. The summed E-state index contributed by atoms with van der Waals surface area (Å²) in [6, 6.07) is 13.1. The van der Waals surface area contributed by atoms with Gasteiger partial charge >= 0.3 is 0 Å². The summed E-state index contributed by atoms with van der Waals surface area (Å²) in [6.45, 7) is 12.1. The molecule has 0 unspecified atom stereocenters. The number of hydrogen-bond donors (Lipinski definition) is 4. The number of nitrogens with one attached hydrogen (secondary N) is 4. The molecule has 13 heteroatoms. The van der Waals surface area contributed by atoms with E-state index in [0.29, 0.717) is 31.6 Å². The van der Waals surface area contributed by atoms with E-state index in [2.05, 4.69) is 46.6 Å². The van der Waals surface area contributed by atoms with Crippen molar-refractivity contribution >= 4 is 29.5 Å². The zero-order valence-corrected chi connectivity index (χ0v) is 30.5. The van der Waals surface area contributed by atoms with E-state index >= 15 is 0 Å². The Morgan fingerprint density at radius 3 is 2.15 bits per heavy atom. The summed E-state index contributed by atoms with van der Waals surface area (Å²) in [4.78, 5) is 62.8. The Hall–Kier alpha value is -5.17. The van der Waals surface area contributed by atoms with Crippen molar-refractivity contribution in [2.45, 2.75) is 72.6 Å². The molecule has 11 nitrogen and oxygen atoms in total. The average molecular weight is 719 g/mol. The van der Waals surface area contributed by atoms with Gasteiger partial charge in [0.1, 0.15) is 30.3 Å². The molecule has 4 rings (SSSR count). The molecule has 52 heavy (non-hydrogen) atoms. The Bertz CT molecular complexity index is 1780. The number of carbonyl (C=O) groups excluding carboxylic acids is 5. The fraction of sp³-hybridized carbons (Fsp3) is 0.410. The largest absolute Gasteiger partial charge is 0.354 e. The molecule has 0 spiro atoms. The van der Waals surface area contributed by atoms with E-state index < -0.39 is 59.8 Å². The molecule has 0 bridgehead atoms. The molecule has 1 aliphatic rings. The Labute approximate surface area is 303 Å². The van der Waals surface area contributed by atoms with Gasteiger partial charge < -0.3 is 25.8 Å². The summed E-state index contributed by atoms with van der Waals surface area (Å²) >= 11 is 0. The average Bonchev–Trinajstić information content (AvgIpc) is 3.63. The number of nitrogens with zero attached hydrogens (tertiary/aromatic N) is 2. The van der Waals surface area contributed by atoms with Gasteiger partial charge in [-0.3, -0.25) is 28.9 Å². The smallest absolute Gasteiger partial charge is 0.254 e. The zero-order chi connectivity index (χ0) is 38.2. The summed E-state index contributed by atoms with van der Waals surface area (Å²) in [5.74, 6) is -4.26. The molecule has 0 fully saturated rings. The number of hydrogen-bond acceptors (Lipinski definition) is 6. The van der Waals surface area contributed by atoms with Gasteiger partial charge in [-0.05, 0) is 61.1 Å². The van der Waals surface area contributed by atoms with E-state index in [9.17, 15) is 32.8 Å². The van der Waals surface area contributed by atoms with Crippen molar-refractivity contribution in [1.82, 2.24) is 30.7 Å². The second-order valence-corrected chi connectivity index (χ2v) is 14.4.